The fourth-order valence-corrected chi connectivity index (χ4v) is 1.39. The molecule has 68 valence electrons. The average molecular weight is 177 g/mol. The van der Waals surface area contributed by atoms with Crippen LogP contribution in [0.4, 0.5) is 0 Å². The Bertz CT molecular complexity index is 410. The zero-order chi connectivity index (χ0) is 9.26. The normalized spacial score (nSPS) is 13.4. The molecular formula is C9H11N3O. The lowest BCUT2D eigenvalue weighted by Crippen LogP contribution is -2.04. The van der Waals surface area contributed by atoms with Crippen LogP contribution in [0.15, 0.2) is 24.5 Å². The van der Waals surface area contributed by atoms with E-state index in [2.05, 4.69) is 9.97 Å². The first kappa shape index (κ1) is 8.22. The average Bonchev–Trinajstić information content (AvgIpc) is 2.60. The number of nitrogens with zero attached hydrogens (tertiary/aromatic N) is 1. The molecule has 0 bridgehead atoms. The van der Waals surface area contributed by atoms with Crippen molar-refractivity contribution >= 4 is 11.0 Å². The molecule has 0 aliphatic rings. The largest absolute Gasteiger partial charge is 0.346 e. The SMILES string of the molecule is CC(ON)c1c[nH]c2ncccc12. The molecule has 2 rings (SSSR count). The van der Waals surface area contributed by atoms with E-state index in [9.17, 15) is 0 Å². The van der Waals surface area contributed by atoms with Crippen LogP contribution in [0.3, 0.4) is 0 Å². The van der Waals surface area contributed by atoms with Crippen molar-refractivity contribution in [2.75, 3.05) is 0 Å². The Kier molecular flexibility index (Phi) is 2.00. The number of aromatic nitrogens is 2. The van der Waals surface area contributed by atoms with Crippen molar-refractivity contribution in [3.63, 3.8) is 0 Å². The van der Waals surface area contributed by atoms with E-state index in [1.54, 1.807) is 6.20 Å². The summed E-state index contributed by atoms with van der Waals surface area (Å²) in [6.07, 6.45) is 3.50. The Morgan fingerprint density at radius 3 is 3.23 bits per heavy atom. The predicted molar refractivity (Wildman–Crippen MR) is 49.8 cm³/mol. The first-order chi connectivity index (χ1) is 6.33. The molecule has 0 saturated carbocycles. The molecule has 0 fully saturated rings. The third-order valence-corrected chi connectivity index (χ3v) is 2.13. The van der Waals surface area contributed by atoms with E-state index < -0.39 is 0 Å². The molecule has 2 heterocycles. The van der Waals surface area contributed by atoms with Gasteiger partial charge in [0.05, 0.1) is 0 Å². The molecule has 0 aliphatic carbocycles. The minimum absolute atomic E-state index is 0.113. The summed E-state index contributed by atoms with van der Waals surface area (Å²) in [6.45, 7) is 1.90. The van der Waals surface area contributed by atoms with Gasteiger partial charge in [0.15, 0.2) is 0 Å². The van der Waals surface area contributed by atoms with Gasteiger partial charge in [0.1, 0.15) is 11.8 Å². The number of rotatable bonds is 2. The second-order valence-corrected chi connectivity index (χ2v) is 2.92. The number of hydrogen-bond donors (Lipinski definition) is 2. The maximum Gasteiger partial charge on any atom is 0.137 e. The fraction of sp³-hybridized carbons (Fsp3) is 0.222. The molecule has 0 aliphatic heterocycles. The van der Waals surface area contributed by atoms with Gasteiger partial charge in [0, 0.05) is 23.3 Å². The van der Waals surface area contributed by atoms with Crippen LogP contribution in [0.1, 0.15) is 18.6 Å². The van der Waals surface area contributed by atoms with Crippen molar-refractivity contribution in [2.24, 2.45) is 5.90 Å². The van der Waals surface area contributed by atoms with Crippen LogP contribution in [0.2, 0.25) is 0 Å². The number of nitrogens with two attached hydrogens (primary N) is 1. The van der Waals surface area contributed by atoms with E-state index in [1.165, 1.54) is 0 Å². The first-order valence-corrected chi connectivity index (χ1v) is 4.10. The highest BCUT2D eigenvalue weighted by atomic mass is 16.6. The Hall–Kier alpha value is -1.39. The highest BCUT2D eigenvalue weighted by molar-refractivity contribution is 5.79. The van der Waals surface area contributed by atoms with Gasteiger partial charge in [-0.1, -0.05) is 0 Å². The van der Waals surface area contributed by atoms with Gasteiger partial charge in [0.2, 0.25) is 0 Å². The third kappa shape index (κ3) is 1.30. The minimum atomic E-state index is -0.113. The van der Waals surface area contributed by atoms with E-state index in [0.29, 0.717) is 0 Å². The van der Waals surface area contributed by atoms with Gasteiger partial charge in [-0.15, -0.1) is 0 Å². The quantitative estimate of drug-likeness (QED) is 0.683. The van der Waals surface area contributed by atoms with E-state index >= 15 is 0 Å². The molecule has 0 amide bonds. The van der Waals surface area contributed by atoms with Gasteiger partial charge in [-0.25, -0.2) is 10.9 Å². The zero-order valence-corrected chi connectivity index (χ0v) is 7.32. The van der Waals surface area contributed by atoms with Gasteiger partial charge in [0.25, 0.3) is 0 Å². The van der Waals surface area contributed by atoms with Crippen LogP contribution >= 0.6 is 0 Å². The highest BCUT2D eigenvalue weighted by Crippen LogP contribution is 2.23. The van der Waals surface area contributed by atoms with Gasteiger partial charge in [-0.2, -0.15) is 0 Å². The number of pyridine rings is 1. The summed E-state index contributed by atoms with van der Waals surface area (Å²) < 4.78 is 0. The lowest BCUT2D eigenvalue weighted by atomic mass is 10.1. The number of hydrogen-bond acceptors (Lipinski definition) is 3. The summed E-state index contributed by atoms with van der Waals surface area (Å²) in [5.41, 5.74) is 1.90. The molecule has 13 heavy (non-hydrogen) atoms. The number of fused-ring (bicyclic) bond motifs is 1. The Morgan fingerprint density at radius 2 is 2.46 bits per heavy atom. The van der Waals surface area contributed by atoms with Gasteiger partial charge in [-0.05, 0) is 19.1 Å². The van der Waals surface area contributed by atoms with Crippen molar-refractivity contribution in [1.29, 1.82) is 0 Å². The molecule has 0 aromatic carbocycles. The second-order valence-electron chi connectivity index (χ2n) is 2.92. The van der Waals surface area contributed by atoms with E-state index in [0.717, 1.165) is 16.6 Å². The van der Waals surface area contributed by atoms with E-state index in [-0.39, 0.29) is 6.10 Å². The van der Waals surface area contributed by atoms with Crippen LogP contribution in [-0.4, -0.2) is 9.97 Å². The number of H-pyrrole nitrogens is 1. The third-order valence-electron chi connectivity index (χ3n) is 2.13. The molecule has 3 N–H and O–H groups in total. The van der Waals surface area contributed by atoms with Crippen LogP contribution in [0, 0.1) is 0 Å². The summed E-state index contributed by atoms with van der Waals surface area (Å²) in [7, 11) is 0. The lowest BCUT2D eigenvalue weighted by molar-refractivity contribution is 0.0674. The van der Waals surface area contributed by atoms with Crippen LogP contribution in [-0.2, 0) is 4.84 Å². The maximum atomic E-state index is 5.12. The second kappa shape index (κ2) is 3.16. The molecule has 0 saturated heterocycles. The van der Waals surface area contributed by atoms with Crippen molar-refractivity contribution in [2.45, 2.75) is 13.0 Å². The molecule has 1 atom stereocenters. The summed E-state index contributed by atoms with van der Waals surface area (Å²) in [4.78, 5) is 12.0. The zero-order valence-electron chi connectivity index (χ0n) is 7.32. The molecule has 4 nitrogen and oxygen atoms in total. The topological polar surface area (TPSA) is 63.9 Å². The molecular weight excluding hydrogens is 166 g/mol. The maximum absolute atomic E-state index is 5.12. The van der Waals surface area contributed by atoms with Gasteiger partial charge in [-0.3, -0.25) is 4.84 Å². The minimum Gasteiger partial charge on any atom is -0.346 e. The van der Waals surface area contributed by atoms with Crippen molar-refractivity contribution in [3.8, 4) is 0 Å². The molecule has 2 aromatic rings. The Morgan fingerprint density at radius 1 is 1.62 bits per heavy atom. The number of nitrogens with one attached hydrogen (secondary N) is 1. The van der Waals surface area contributed by atoms with Crippen LogP contribution in [0.5, 0.6) is 0 Å². The van der Waals surface area contributed by atoms with Gasteiger partial charge < -0.3 is 4.98 Å². The summed E-state index contributed by atoms with van der Waals surface area (Å²) in [5, 5.41) is 1.06. The monoisotopic (exact) mass is 177 g/mol. The first-order valence-electron chi connectivity index (χ1n) is 4.10. The summed E-state index contributed by atoms with van der Waals surface area (Å²) in [6, 6.07) is 3.88. The van der Waals surface area contributed by atoms with Crippen molar-refractivity contribution in [1.82, 2.24) is 9.97 Å². The Labute approximate surface area is 75.7 Å². The van der Waals surface area contributed by atoms with Crippen LogP contribution in [0.25, 0.3) is 11.0 Å². The van der Waals surface area contributed by atoms with E-state index in [1.807, 2.05) is 25.3 Å². The highest BCUT2D eigenvalue weighted by Gasteiger charge is 2.10. The number of aromatic amines is 1. The molecule has 4 heteroatoms. The molecule has 0 radical (unpaired) electrons. The lowest BCUT2D eigenvalue weighted by Gasteiger charge is -2.05. The molecule has 1 unspecified atom stereocenters. The molecule has 0 spiro atoms. The summed E-state index contributed by atoms with van der Waals surface area (Å²) >= 11 is 0. The van der Waals surface area contributed by atoms with Crippen LogP contribution < -0.4 is 5.90 Å². The summed E-state index contributed by atoms with van der Waals surface area (Å²) in [5.74, 6) is 5.12. The smallest absolute Gasteiger partial charge is 0.137 e. The Balaban J connectivity index is 2.57. The van der Waals surface area contributed by atoms with E-state index in [4.69, 9.17) is 10.7 Å². The predicted octanol–water partition coefficient (Wildman–Crippen LogP) is 1.51. The van der Waals surface area contributed by atoms with Crippen molar-refractivity contribution in [3.05, 3.63) is 30.1 Å². The van der Waals surface area contributed by atoms with Crippen molar-refractivity contribution < 1.29 is 4.84 Å². The van der Waals surface area contributed by atoms with Gasteiger partial charge >= 0.3 is 0 Å². The standard InChI is InChI=1S/C9H11N3O/c1-6(13-10)8-5-12-9-7(8)3-2-4-11-9/h2-6H,10H2,1H3,(H,11,12). The molecule has 2 aromatic heterocycles. The fourth-order valence-electron chi connectivity index (χ4n) is 1.39.